The summed E-state index contributed by atoms with van der Waals surface area (Å²) in [6.07, 6.45) is 0.420. The number of ether oxygens (including phenoxy) is 1. The van der Waals surface area contributed by atoms with Crippen LogP contribution in [-0.2, 0) is 9.53 Å². The summed E-state index contributed by atoms with van der Waals surface area (Å²) < 4.78 is 33.8. The number of rotatable bonds is 4. The van der Waals surface area contributed by atoms with Gasteiger partial charge in [0.1, 0.15) is 11.8 Å². The van der Waals surface area contributed by atoms with E-state index in [0.29, 0.717) is 11.3 Å². The SMILES string of the molecule is Cc1c([C@@H]2[C@@H](C(=O)Nc3ccnc(C(N)=O)c3)OC(C)(C)[C@H]2C)ccc(F)c1F. The van der Waals surface area contributed by atoms with E-state index in [4.69, 9.17) is 10.5 Å². The Morgan fingerprint density at radius 2 is 1.93 bits per heavy atom. The average molecular weight is 403 g/mol. The molecule has 2 aromatic rings. The monoisotopic (exact) mass is 403 g/mol. The maximum Gasteiger partial charge on any atom is 0.267 e. The number of aromatic nitrogens is 1. The van der Waals surface area contributed by atoms with Gasteiger partial charge in [-0.15, -0.1) is 0 Å². The number of pyridine rings is 1. The van der Waals surface area contributed by atoms with Crippen LogP contribution in [0.1, 0.15) is 48.3 Å². The first-order valence-corrected chi connectivity index (χ1v) is 9.22. The topological polar surface area (TPSA) is 94.3 Å². The largest absolute Gasteiger partial charge is 0.364 e. The quantitative estimate of drug-likeness (QED) is 0.819. The van der Waals surface area contributed by atoms with Crippen molar-refractivity contribution in [3.63, 3.8) is 0 Å². The van der Waals surface area contributed by atoms with Crippen LogP contribution in [0.5, 0.6) is 0 Å². The minimum Gasteiger partial charge on any atom is -0.364 e. The van der Waals surface area contributed by atoms with Gasteiger partial charge in [0.25, 0.3) is 11.8 Å². The fourth-order valence-electron chi connectivity index (χ4n) is 3.74. The normalized spacial score (nSPS) is 23.0. The first kappa shape index (κ1) is 20.9. The number of carbonyl (C=O) groups excluding carboxylic acids is 2. The molecule has 0 bridgehead atoms. The Hall–Kier alpha value is -2.87. The first-order valence-electron chi connectivity index (χ1n) is 9.22. The summed E-state index contributed by atoms with van der Waals surface area (Å²) in [5, 5.41) is 2.70. The van der Waals surface area contributed by atoms with Crippen molar-refractivity contribution >= 4 is 17.5 Å². The molecule has 0 aliphatic carbocycles. The molecule has 0 saturated carbocycles. The highest BCUT2D eigenvalue weighted by atomic mass is 19.2. The molecular formula is C21H23F2N3O3. The third-order valence-electron chi connectivity index (χ3n) is 5.67. The second kappa shape index (κ2) is 7.51. The van der Waals surface area contributed by atoms with Gasteiger partial charge in [0, 0.05) is 17.8 Å². The Morgan fingerprint density at radius 3 is 2.59 bits per heavy atom. The van der Waals surface area contributed by atoms with Crippen LogP contribution in [0.2, 0.25) is 0 Å². The standard InChI is InChI=1S/C21H23F2N3O3/c1-10-13(5-6-14(22)17(10)23)16-11(2)21(3,4)29-18(16)20(28)26-12-7-8-25-15(9-12)19(24)27/h5-9,11,16,18H,1-4H3,(H2,24,27)(H,25,26,28)/t11-,16+,18-/m0/s1. The van der Waals surface area contributed by atoms with E-state index in [-0.39, 0.29) is 17.2 Å². The maximum atomic E-state index is 14.2. The first-order chi connectivity index (χ1) is 13.5. The van der Waals surface area contributed by atoms with Crippen LogP contribution >= 0.6 is 0 Å². The van der Waals surface area contributed by atoms with E-state index < -0.39 is 41.1 Å². The zero-order chi connectivity index (χ0) is 21.5. The van der Waals surface area contributed by atoms with E-state index in [0.717, 1.165) is 6.07 Å². The van der Waals surface area contributed by atoms with Crippen molar-refractivity contribution < 1.29 is 23.1 Å². The van der Waals surface area contributed by atoms with E-state index in [1.165, 1.54) is 31.3 Å². The van der Waals surface area contributed by atoms with Crippen LogP contribution in [-0.4, -0.2) is 28.5 Å². The lowest BCUT2D eigenvalue weighted by molar-refractivity contribution is -0.131. The molecule has 1 aromatic carbocycles. The summed E-state index contributed by atoms with van der Waals surface area (Å²) in [5.74, 6) is -3.69. The molecule has 3 N–H and O–H groups in total. The summed E-state index contributed by atoms with van der Waals surface area (Å²) in [5.41, 5.74) is 5.58. The molecule has 0 unspecified atom stereocenters. The highest BCUT2D eigenvalue weighted by molar-refractivity contribution is 5.97. The van der Waals surface area contributed by atoms with E-state index in [9.17, 15) is 18.4 Å². The van der Waals surface area contributed by atoms with Crippen LogP contribution in [0.25, 0.3) is 0 Å². The van der Waals surface area contributed by atoms with E-state index in [1.54, 1.807) is 0 Å². The van der Waals surface area contributed by atoms with Crippen molar-refractivity contribution in [2.75, 3.05) is 5.32 Å². The number of carbonyl (C=O) groups is 2. The number of primary amides is 1. The average Bonchev–Trinajstić information content (AvgIpc) is 2.90. The number of nitrogens with two attached hydrogens (primary N) is 1. The molecule has 0 radical (unpaired) electrons. The highest BCUT2D eigenvalue weighted by Gasteiger charge is 2.51. The van der Waals surface area contributed by atoms with Crippen LogP contribution in [0.4, 0.5) is 14.5 Å². The molecule has 0 spiro atoms. The van der Waals surface area contributed by atoms with Gasteiger partial charge in [-0.1, -0.05) is 13.0 Å². The van der Waals surface area contributed by atoms with Crippen molar-refractivity contribution in [1.29, 1.82) is 0 Å². The molecule has 154 valence electrons. The molecule has 1 fully saturated rings. The molecule has 3 atom stereocenters. The van der Waals surface area contributed by atoms with Crippen molar-refractivity contribution in [1.82, 2.24) is 4.98 Å². The maximum absolute atomic E-state index is 14.2. The molecular weight excluding hydrogens is 380 g/mol. The zero-order valence-electron chi connectivity index (χ0n) is 16.6. The predicted molar refractivity (Wildman–Crippen MR) is 103 cm³/mol. The van der Waals surface area contributed by atoms with E-state index >= 15 is 0 Å². The van der Waals surface area contributed by atoms with E-state index in [1.807, 2.05) is 20.8 Å². The number of benzene rings is 1. The number of hydrogen-bond donors (Lipinski definition) is 2. The van der Waals surface area contributed by atoms with Gasteiger partial charge in [0.15, 0.2) is 11.6 Å². The Bertz CT molecular complexity index is 978. The summed E-state index contributed by atoms with van der Waals surface area (Å²) in [4.78, 5) is 28.2. The molecule has 1 aliphatic rings. The lowest BCUT2D eigenvalue weighted by atomic mass is 9.77. The summed E-state index contributed by atoms with van der Waals surface area (Å²) in [6.45, 7) is 7.11. The van der Waals surface area contributed by atoms with Gasteiger partial charge in [0.2, 0.25) is 0 Å². The lowest BCUT2D eigenvalue weighted by Gasteiger charge is -2.25. The number of amides is 2. The molecule has 2 amide bonds. The number of hydrogen-bond acceptors (Lipinski definition) is 4. The van der Waals surface area contributed by atoms with Crippen molar-refractivity contribution in [2.45, 2.75) is 45.3 Å². The van der Waals surface area contributed by atoms with Crippen molar-refractivity contribution in [3.05, 3.63) is 58.9 Å². The number of nitrogens with one attached hydrogen (secondary N) is 1. The van der Waals surface area contributed by atoms with Crippen LogP contribution in [0.15, 0.2) is 30.5 Å². The molecule has 2 heterocycles. The highest BCUT2D eigenvalue weighted by Crippen LogP contribution is 2.47. The third kappa shape index (κ3) is 3.85. The van der Waals surface area contributed by atoms with Gasteiger partial charge in [0.05, 0.1) is 5.60 Å². The zero-order valence-corrected chi connectivity index (χ0v) is 16.6. The summed E-state index contributed by atoms with van der Waals surface area (Å²) in [6, 6.07) is 5.44. The molecule has 6 nitrogen and oxygen atoms in total. The Morgan fingerprint density at radius 1 is 1.24 bits per heavy atom. The van der Waals surface area contributed by atoms with E-state index in [2.05, 4.69) is 10.3 Å². The van der Waals surface area contributed by atoms with Gasteiger partial charge in [-0.25, -0.2) is 8.78 Å². The van der Waals surface area contributed by atoms with Gasteiger partial charge >= 0.3 is 0 Å². The van der Waals surface area contributed by atoms with Gasteiger partial charge in [-0.05, 0) is 56.0 Å². The smallest absolute Gasteiger partial charge is 0.267 e. The van der Waals surface area contributed by atoms with Crippen LogP contribution in [0, 0.1) is 24.5 Å². The third-order valence-corrected chi connectivity index (χ3v) is 5.67. The lowest BCUT2D eigenvalue weighted by Crippen LogP contribution is -2.33. The fourth-order valence-corrected chi connectivity index (χ4v) is 3.74. The molecule has 29 heavy (non-hydrogen) atoms. The molecule has 1 aromatic heterocycles. The number of nitrogens with zero attached hydrogens (tertiary/aromatic N) is 1. The Labute approximate surface area is 167 Å². The van der Waals surface area contributed by atoms with Crippen molar-refractivity contribution in [3.8, 4) is 0 Å². The van der Waals surface area contributed by atoms with Crippen LogP contribution in [0.3, 0.4) is 0 Å². The Kier molecular flexibility index (Phi) is 5.40. The van der Waals surface area contributed by atoms with Crippen LogP contribution < -0.4 is 11.1 Å². The summed E-state index contributed by atoms with van der Waals surface area (Å²) in [7, 11) is 0. The summed E-state index contributed by atoms with van der Waals surface area (Å²) >= 11 is 0. The molecule has 1 aliphatic heterocycles. The second-order valence-electron chi connectivity index (χ2n) is 7.82. The van der Waals surface area contributed by atoms with Crippen molar-refractivity contribution in [2.24, 2.45) is 11.7 Å². The number of anilines is 1. The van der Waals surface area contributed by atoms with Gasteiger partial charge in [-0.3, -0.25) is 14.6 Å². The van der Waals surface area contributed by atoms with Gasteiger partial charge < -0.3 is 15.8 Å². The predicted octanol–water partition coefficient (Wildman–Crippen LogP) is 3.30. The minimum absolute atomic E-state index is 0.0110. The Balaban J connectivity index is 1.96. The number of halogens is 2. The fraction of sp³-hybridized carbons (Fsp3) is 0.381. The van der Waals surface area contributed by atoms with Gasteiger partial charge in [-0.2, -0.15) is 0 Å². The molecule has 8 heteroatoms. The molecule has 3 rings (SSSR count). The minimum atomic E-state index is -0.936. The molecule has 1 saturated heterocycles. The second-order valence-corrected chi connectivity index (χ2v) is 7.82.